The SMILES string of the molecule is CC[C@@H]1CN(C[C@H](O)c2ccc(F)cc2F)CCN1CCOC. The van der Waals surface area contributed by atoms with Crippen LogP contribution in [0.25, 0.3) is 0 Å². The number of methoxy groups -OCH3 is 1. The summed E-state index contributed by atoms with van der Waals surface area (Å²) in [6.45, 7) is 6.67. The van der Waals surface area contributed by atoms with Crippen LogP contribution in [-0.2, 0) is 4.74 Å². The molecule has 0 aliphatic carbocycles. The van der Waals surface area contributed by atoms with Crippen molar-refractivity contribution < 1.29 is 18.6 Å². The lowest BCUT2D eigenvalue weighted by molar-refractivity contribution is 0.0253. The van der Waals surface area contributed by atoms with E-state index in [1.165, 1.54) is 12.1 Å². The third kappa shape index (κ3) is 4.94. The van der Waals surface area contributed by atoms with Crippen LogP contribution in [0, 0.1) is 11.6 Å². The molecule has 0 saturated carbocycles. The fourth-order valence-electron chi connectivity index (χ4n) is 3.13. The van der Waals surface area contributed by atoms with Gasteiger partial charge in [-0.2, -0.15) is 0 Å². The Bertz CT molecular complexity index is 501. The second-order valence-electron chi connectivity index (χ2n) is 6.03. The van der Waals surface area contributed by atoms with Crippen molar-refractivity contribution in [2.24, 2.45) is 0 Å². The van der Waals surface area contributed by atoms with Crippen LogP contribution in [0.1, 0.15) is 25.0 Å². The average molecular weight is 328 g/mol. The van der Waals surface area contributed by atoms with Crippen molar-refractivity contribution in [3.8, 4) is 0 Å². The number of aliphatic hydroxyl groups is 1. The highest BCUT2D eigenvalue weighted by Crippen LogP contribution is 2.21. The molecule has 1 N–H and O–H groups in total. The predicted molar refractivity (Wildman–Crippen MR) is 85.3 cm³/mol. The molecule has 1 aliphatic rings. The third-order valence-electron chi connectivity index (χ3n) is 4.50. The van der Waals surface area contributed by atoms with Crippen LogP contribution in [0.2, 0.25) is 0 Å². The van der Waals surface area contributed by atoms with Gasteiger partial charge in [-0.1, -0.05) is 13.0 Å². The summed E-state index contributed by atoms with van der Waals surface area (Å²) < 4.78 is 31.9. The normalized spacial score (nSPS) is 21.5. The highest BCUT2D eigenvalue weighted by Gasteiger charge is 2.27. The van der Waals surface area contributed by atoms with Gasteiger partial charge in [-0.25, -0.2) is 8.78 Å². The minimum Gasteiger partial charge on any atom is -0.387 e. The average Bonchev–Trinajstić information content (AvgIpc) is 2.53. The van der Waals surface area contributed by atoms with Gasteiger partial charge in [0.1, 0.15) is 11.6 Å². The van der Waals surface area contributed by atoms with E-state index in [1.807, 2.05) is 0 Å². The maximum atomic E-state index is 13.8. The smallest absolute Gasteiger partial charge is 0.131 e. The van der Waals surface area contributed by atoms with E-state index in [9.17, 15) is 13.9 Å². The third-order valence-corrected chi connectivity index (χ3v) is 4.50. The molecule has 1 aromatic carbocycles. The molecule has 1 aromatic rings. The molecule has 1 fully saturated rings. The van der Waals surface area contributed by atoms with Crippen molar-refractivity contribution in [2.75, 3.05) is 46.4 Å². The molecule has 0 aromatic heterocycles. The summed E-state index contributed by atoms with van der Waals surface area (Å²) in [6, 6.07) is 3.72. The molecule has 0 amide bonds. The molecule has 1 saturated heterocycles. The van der Waals surface area contributed by atoms with Gasteiger partial charge in [0.2, 0.25) is 0 Å². The Morgan fingerprint density at radius 2 is 2.13 bits per heavy atom. The molecule has 2 atom stereocenters. The molecule has 6 heteroatoms. The number of hydrogen-bond donors (Lipinski definition) is 1. The number of β-amino-alcohol motifs (C(OH)–C–C–N with tert-alkyl or cyclic N) is 1. The Morgan fingerprint density at radius 3 is 2.78 bits per heavy atom. The molecule has 0 bridgehead atoms. The van der Waals surface area contributed by atoms with E-state index in [4.69, 9.17) is 4.74 Å². The van der Waals surface area contributed by atoms with E-state index in [0.717, 1.165) is 38.7 Å². The lowest BCUT2D eigenvalue weighted by Gasteiger charge is -2.41. The summed E-state index contributed by atoms with van der Waals surface area (Å²) in [7, 11) is 1.70. The first-order chi connectivity index (χ1) is 11.0. The van der Waals surface area contributed by atoms with Crippen LogP contribution < -0.4 is 0 Å². The maximum Gasteiger partial charge on any atom is 0.131 e. The maximum absolute atomic E-state index is 13.8. The molecular weight excluding hydrogens is 302 g/mol. The summed E-state index contributed by atoms with van der Waals surface area (Å²) in [6.07, 6.45) is 0.0694. The van der Waals surface area contributed by atoms with Crippen LogP contribution in [-0.4, -0.2) is 67.4 Å². The van der Waals surface area contributed by atoms with Crippen LogP contribution in [0.3, 0.4) is 0 Å². The van der Waals surface area contributed by atoms with Gasteiger partial charge >= 0.3 is 0 Å². The summed E-state index contributed by atoms with van der Waals surface area (Å²) in [4.78, 5) is 4.54. The van der Waals surface area contributed by atoms with Crippen molar-refractivity contribution in [2.45, 2.75) is 25.5 Å². The van der Waals surface area contributed by atoms with E-state index in [-0.39, 0.29) is 5.56 Å². The molecule has 0 unspecified atom stereocenters. The van der Waals surface area contributed by atoms with Gasteiger partial charge in [0.15, 0.2) is 0 Å². The van der Waals surface area contributed by atoms with Crippen LogP contribution in [0.4, 0.5) is 8.78 Å². The van der Waals surface area contributed by atoms with Crippen LogP contribution >= 0.6 is 0 Å². The second kappa shape index (κ2) is 8.68. The first-order valence-electron chi connectivity index (χ1n) is 8.13. The largest absolute Gasteiger partial charge is 0.387 e. The fourth-order valence-corrected chi connectivity index (χ4v) is 3.13. The van der Waals surface area contributed by atoms with Crippen molar-refractivity contribution in [1.82, 2.24) is 9.80 Å². The van der Waals surface area contributed by atoms with Crippen LogP contribution in [0.5, 0.6) is 0 Å². The van der Waals surface area contributed by atoms with Gasteiger partial charge in [-0.3, -0.25) is 9.80 Å². The minimum absolute atomic E-state index is 0.154. The van der Waals surface area contributed by atoms with Gasteiger partial charge in [0, 0.05) is 57.5 Å². The summed E-state index contributed by atoms with van der Waals surface area (Å²) in [5.74, 6) is -1.32. The van der Waals surface area contributed by atoms with E-state index >= 15 is 0 Å². The van der Waals surface area contributed by atoms with E-state index < -0.39 is 17.7 Å². The number of hydrogen-bond acceptors (Lipinski definition) is 4. The zero-order valence-corrected chi connectivity index (χ0v) is 13.8. The van der Waals surface area contributed by atoms with Crippen LogP contribution in [0.15, 0.2) is 18.2 Å². The molecule has 130 valence electrons. The molecule has 2 rings (SSSR count). The zero-order chi connectivity index (χ0) is 16.8. The Hall–Kier alpha value is -1.08. The number of ether oxygens (including phenoxy) is 1. The van der Waals surface area contributed by atoms with Gasteiger partial charge in [-0.15, -0.1) is 0 Å². The molecule has 0 radical (unpaired) electrons. The fraction of sp³-hybridized carbons (Fsp3) is 0.647. The standard InChI is InChI=1S/C17H26F2N2O2/c1-3-14-11-20(6-7-21(14)8-9-23-2)12-17(22)15-5-4-13(18)10-16(15)19/h4-5,10,14,17,22H,3,6-9,11-12H2,1-2H3/t14-,17+/m1/s1. The van der Waals surface area contributed by atoms with Crippen molar-refractivity contribution in [1.29, 1.82) is 0 Å². The Balaban J connectivity index is 1.93. The first-order valence-corrected chi connectivity index (χ1v) is 8.13. The number of aliphatic hydroxyl groups excluding tert-OH is 1. The number of halogens is 2. The predicted octanol–water partition coefficient (Wildman–Crippen LogP) is 2.04. The topological polar surface area (TPSA) is 35.9 Å². The molecule has 1 aliphatic heterocycles. The Morgan fingerprint density at radius 1 is 1.35 bits per heavy atom. The van der Waals surface area contributed by atoms with Crippen molar-refractivity contribution in [3.63, 3.8) is 0 Å². The van der Waals surface area contributed by atoms with Gasteiger partial charge < -0.3 is 9.84 Å². The molecule has 0 spiro atoms. The monoisotopic (exact) mass is 328 g/mol. The van der Waals surface area contributed by atoms with Crippen molar-refractivity contribution >= 4 is 0 Å². The summed E-state index contributed by atoms with van der Waals surface area (Å²) in [5.41, 5.74) is 0.154. The van der Waals surface area contributed by atoms with Gasteiger partial charge in [-0.05, 0) is 12.5 Å². The Labute approximate surface area is 136 Å². The number of piperazine rings is 1. The number of nitrogens with zero attached hydrogens (tertiary/aromatic N) is 2. The molecule has 23 heavy (non-hydrogen) atoms. The second-order valence-corrected chi connectivity index (χ2v) is 6.03. The molecule has 1 heterocycles. The summed E-state index contributed by atoms with van der Waals surface area (Å²) >= 11 is 0. The molecule has 4 nitrogen and oxygen atoms in total. The highest BCUT2D eigenvalue weighted by molar-refractivity contribution is 5.21. The van der Waals surface area contributed by atoms with Gasteiger partial charge in [0.05, 0.1) is 12.7 Å². The van der Waals surface area contributed by atoms with E-state index in [0.29, 0.717) is 19.2 Å². The Kier molecular flexibility index (Phi) is 6.89. The quantitative estimate of drug-likeness (QED) is 0.831. The lowest BCUT2D eigenvalue weighted by atomic mass is 10.1. The van der Waals surface area contributed by atoms with E-state index in [2.05, 4.69) is 16.7 Å². The van der Waals surface area contributed by atoms with E-state index in [1.54, 1.807) is 7.11 Å². The molecular formula is C17H26F2N2O2. The van der Waals surface area contributed by atoms with Crippen molar-refractivity contribution in [3.05, 3.63) is 35.4 Å². The number of benzene rings is 1. The highest BCUT2D eigenvalue weighted by atomic mass is 19.1. The zero-order valence-electron chi connectivity index (χ0n) is 13.8. The lowest BCUT2D eigenvalue weighted by Crippen LogP contribution is -2.54. The number of rotatable bonds is 7. The van der Waals surface area contributed by atoms with Gasteiger partial charge in [0.25, 0.3) is 0 Å². The first kappa shape index (κ1) is 18.3. The minimum atomic E-state index is -0.946. The summed E-state index contributed by atoms with van der Waals surface area (Å²) in [5, 5.41) is 10.3.